The Morgan fingerprint density at radius 2 is 2.07 bits per heavy atom. The molecule has 1 aromatic carbocycles. The number of benzene rings is 1. The maximum Gasteiger partial charge on any atom is 0.252 e. The van der Waals surface area contributed by atoms with E-state index in [0.717, 1.165) is 49.2 Å². The Labute approximate surface area is 164 Å². The molecule has 5 nitrogen and oxygen atoms in total. The first-order valence-corrected chi connectivity index (χ1v) is 10.3. The predicted molar refractivity (Wildman–Crippen MR) is 109 cm³/mol. The van der Waals surface area contributed by atoms with Crippen LogP contribution in [0.15, 0.2) is 18.2 Å². The molecule has 0 fully saturated rings. The van der Waals surface area contributed by atoms with Crippen molar-refractivity contribution in [2.45, 2.75) is 46.6 Å². The van der Waals surface area contributed by atoms with E-state index in [2.05, 4.69) is 18.3 Å². The fourth-order valence-corrected chi connectivity index (χ4v) is 5.18. The van der Waals surface area contributed by atoms with Gasteiger partial charge >= 0.3 is 0 Å². The lowest BCUT2D eigenvalue weighted by Crippen LogP contribution is -3.11. The van der Waals surface area contributed by atoms with Crippen LogP contribution in [0.1, 0.15) is 50.8 Å². The summed E-state index contributed by atoms with van der Waals surface area (Å²) < 4.78 is 0. The third-order valence-corrected chi connectivity index (χ3v) is 6.33. The first-order chi connectivity index (χ1) is 12.9. The molecule has 2 aromatic rings. The minimum absolute atomic E-state index is 0.110. The molecule has 27 heavy (non-hydrogen) atoms. The van der Waals surface area contributed by atoms with Crippen LogP contribution in [0, 0.1) is 13.8 Å². The predicted octanol–water partition coefficient (Wildman–Crippen LogP) is 2.00. The van der Waals surface area contributed by atoms with Crippen molar-refractivity contribution in [1.29, 1.82) is 0 Å². The normalized spacial score (nSPS) is 16.0. The highest BCUT2D eigenvalue weighted by molar-refractivity contribution is 7.17. The molecule has 0 aliphatic carbocycles. The Hall–Kier alpha value is -2.18. The molecule has 6 heteroatoms. The van der Waals surface area contributed by atoms with Gasteiger partial charge in [0.25, 0.3) is 5.91 Å². The number of hydrogen-bond acceptors (Lipinski definition) is 3. The number of carbonyl (C=O) groups is 2. The molecule has 0 spiro atoms. The van der Waals surface area contributed by atoms with Gasteiger partial charge in [-0.15, -0.1) is 11.3 Å². The number of aryl methyl sites for hydroxylation is 2. The van der Waals surface area contributed by atoms with Gasteiger partial charge in [0, 0.05) is 6.42 Å². The monoisotopic (exact) mass is 386 g/mol. The van der Waals surface area contributed by atoms with Crippen LogP contribution in [0.4, 0.5) is 5.00 Å². The van der Waals surface area contributed by atoms with Crippen molar-refractivity contribution < 1.29 is 14.5 Å². The van der Waals surface area contributed by atoms with Crippen molar-refractivity contribution in [3.8, 4) is 0 Å². The minimum atomic E-state index is -0.451. The Morgan fingerprint density at radius 1 is 1.30 bits per heavy atom. The number of nitrogens with two attached hydrogens (primary N) is 1. The molecule has 0 radical (unpaired) electrons. The van der Waals surface area contributed by atoms with E-state index in [-0.39, 0.29) is 5.91 Å². The number of carbonyl (C=O) groups excluding carboxylic acids is 2. The van der Waals surface area contributed by atoms with Crippen molar-refractivity contribution in [2.75, 3.05) is 18.4 Å². The van der Waals surface area contributed by atoms with Gasteiger partial charge in [-0.2, -0.15) is 0 Å². The van der Waals surface area contributed by atoms with Gasteiger partial charge in [-0.05, 0) is 37.0 Å². The van der Waals surface area contributed by atoms with Crippen LogP contribution in [0.3, 0.4) is 0 Å². The van der Waals surface area contributed by atoms with Crippen molar-refractivity contribution in [1.82, 2.24) is 0 Å². The quantitative estimate of drug-likeness (QED) is 0.710. The second-order valence-corrected chi connectivity index (χ2v) is 8.51. The summed E-state index contributed by atoms with van der Waals surface area (Å²) in [5.41, 5.74) is 10.5. The van der Waals surface area contributed by atoms with E-state index in [1.54, 1.807) is 0 Å². The van der Waals surface area contributed by atoms with Gasteiger partial charge < -0.3 is 16.0 Å². The molecule has 4 N–H and O–H groups in total. The van der Waals surface area contributed by atoms with Crippen molar-refractivity contribution in [2.24, 2.45) is 5.73 Å². The Kier molecular flexibility index (Phi) is 5.97. The summed E-state index contributed by atoms with van der Waals surface area (Å²) in [5, 5.41) is 3.57. The van der Waals surface area contributed by atoms with Crippen LogP contribution >= 0.6 is 11.3 Å². The number of fused-ring (bicyclic) bond motifs is 1. The average molecular weight is 387 g/mol. The highest BCUT2D eigenvalue weighted by atomic mass is 32.1. The summed E-state index contributed by atoms with van der Waals surface area (Å²) >= 11 is 1.51. The van der Waals surface area contributed by atoms with Crippen LogP contribution in [-0.4, -0.2) is 24.9 Å². The topological polar surface area (TPSA) is 76.6 Å². The van der Waals surface area contributed by atoms with Gasteiger partial charge in [0.2, 0.25) is 5.91 Å². The first-order valence-electron chi connectivity index (χ1n) is 9.53. The SMILES string of the molecule is CCC[NH+]1CCc2c(sc(NC(=O)Cc3ccc(C)cc3C)c2C(N)=O)C1. The molecule has 0 saturated heterocycles. The standard InChI is InChI=1S/C21H27N3O2S/c1-4-8-24-9-7-16-17(12-24)27-21(19(16)20(22)26)23-18(25)11-15-6-5-13(2)10-14(15)3/h5-6,10H,4,7-9,11-12H2,1-3H3,(H2,22,26)(H,23,25)/p+1. The smallest absolute Gasteiger partial charge is 0.252 e. The summed E-state index contributed by atoms with van der Waals surface area (Å²) in [4.78, 5) is 27.4. The van der Waals surface area contributed by atoms with Crippen LogP contribution < -0.4 is 16.0 Å². The number of thiophene rings is 1. The van der Waals surface area contributed by atoms with Gasteiger partial charge in [0.15, 0.2) is 0 Å². The zero-order valence-electron chi connectivity index (χ0n) is 16.3. The summed E-state index contributed by atoms with van der Waals surface area (Å²) in [6, 6.07) is 6.08. The van der Waals surface area contributed by atoms with Gasteiger partial charge in [-0.25, -0.2) is 0 Å². The largest absolute Gasteiger partial charge is 0.365 e. The third-order valence-electron chi connectivity index (χ3n) is 5.18. The lowest BCUT2D eigenvalue weighted by atomic mass is 10.0. The minimum Gasteiger partial charge on any atom is -0.365 e. The van der Waals surface area contributed by atoms with Crippen LogP contribution in [0.5, 0.6) is 0 Å². The number of primary amides is 1. The van der Waals surface area contributed by atoms with Gasteiger partial charge in [-0.3, -0.25) is 9.59 Å². The second-order valence-electron chi connectivity index (χ2n) is 7.40. The van der Waals surface area contributed by atoms with E-state index < -0.39 is 5.91 Å². The van der Waals surface area contributed by atoms with Crippen LogP contribution in [0.25, 0.3) is 0 Å². The number of amides is 2. The molecule has 1 aliphatic heterocycles. The average Bonchev–Trinajstić information content (AvgIpc) is 2.94. The van der Waals surface area contributed by atoms with Crippen LogP contribution in [0.2, 0.25) is 0 Å². The lowest BCUT2D eigenvalue weighted by molar-refractivity contribution is -0.915. The van der Waals surface area contributed by atoms with E-state index in [9.17, 15) is 9.59 Å². The Balaban J connectivity index is 1.80. The van der Waals surface area contributed by atoms with Gasteiger partial charge in [0.1, 0.15) is 11.5 Å². The molecular weight excluding hydrogens is 358 g/mol. The molecule has 144 valence electrons. The van der Waals surface area contributed by atoms with Gasteiger partial charge in [0.05, 0.1) is 30.0 Å². The van der Waals surface area contributed by atoms with E-state index in [1.165, 1.54) is 26.7 Å². The zero-order valence-corrected chi connectivity index (χ0v) is 17.1. The van der Waals surface area contributed by atoms with E-state index >= 15 is 0 Å². The van der Waals surface area contributed by atoms with E-state index in [4.69, 9.17) is 5.73 Å². The Bertz CT molecular complexity index is 873. The number of nitrogens with one attached hydrogen (secondary N) is 2. The summed E-state index contributed by atoms with van der Waals surface area (Å²) in [6.07, 6.45) is 2.27. The number of quaternary nitrogens is 1. The number of rotatable bonds is 6. The third kappa shape index (κ3) is 4.39. The van der Waals surface area contributed by atoms with E-state index in [0.29, 0.717) is 17.0 Å². The fraction of sp³-hybridized carbons (Fsp3) is 0.429. The van der Waals surface area contributed by atoms with Crippen LogP contribution in [-0.2, 0) is 24.2 Å². The highest BCUT2D eigenvalue weighted by Gasteiger charge is 2.29. The Morgan fingerprint density at radius 3 is 2.74 bits per heavy atom. The fourth-order valence-electron chi connectivity index (χ4n) is 3.84. The molecule has 2 amide bonds. The molecule has 2 heterocycles. The molecule has 3 rings (SSSR count). The summed E-state index contributed by atoms with van der Waals surface area (Å²) in [6.45, 7) is 9.27. The molecule has 1 unspecified atom stereocenters. The lowest BCUT2D eigenvalue weighted by Gasteiger charge is -2.23. The maximum atomic E-state index is 12.6. The van der Waals surface area contributed by atoms with Crippen molar-refractivity contribution in [3.05, 3.63) is 50.9 Å². The second kappa shape index (κ2) is 8.23. The molecule has 0 bridgehead atoms. The maximum absolute atomic E-state index is 12.6. The number of hydrogen-bond donors (Lipinski definition) is 3. The summed E-state index contributed by atoms with van der Waals surface area (Å²) in [5.74, 6) is -0.561. The number of anilines is 1. The molecular formula is C21H28N3O2S+. The molecule has 1 aliphatic rings. The van der Waals surface area contributed by atoms with Gasteiger partial charge in [-0.1, -0.05) is 30.7 Å². The highest BCUT2D eigenvalue weighted by Crippen LogP contribution is 2.34. The van der Waals surface area contributed by atoms with E-state index in [1.807, 2.05) is 26.0 Å². The molecule has 1 atom stereocenters. The summed E-state index contributed by atoms with van der Waals surface area (Å²) in [7, 11) is 0. The molecule has 0 saturated carbocycles. The van der Waals surface area contributed by atoms with Crippen molar-refractivity contribution in [3.63, 3.8) is 0 Å². The van der Waals surface area contributed by atoms with Crippen molar-refractivity contribution >= 4 is 28.2 Å². The zero-order chi connectivity index (χ0) is 19.6. The first kappa shape index (κ1) is 19.6. The molecule has 1 aromatic heterocycles.